The summed E-state index contributed by atoms with van der Waals surface area (Å²) in [4.78, 5) is 0. The second-order valence-corrected chi connectivity index (χ2v) is 4.01. The van der Waals surface area contributed by atoms with Gasteiger partial charge in [-0.05, 0) is 25.7 Å². The van der Waals surface area contributed by atoms with Crippen LogP contribution >= 0.6 is 0 Å². The molecule has 0 aliphatic heterocycles. The standard InChI is InChI=1S/C10H20O2/c1-10(8-11,12-2)9-6-4-3-5-7-9/h9,11H,3-8H2,1-2H3. The maximum atomic E-state index is 9.21. The van der Waals surface area contributed by atoms with Gasteiger partial charge >= 0.3 is 0 Å². The minimum atomic E-state index is -0.291. The van der Waals surface area contributed by atoms with Gasteiger partial charge in [-0.15, -0.1) is 0 Å². The fourth-order valence-corrected chi connectivity index (χ4v) is 2.07. The minimum absolute atomic E-state index is 0.147. The number of methoxy groups -OCH3 is 1. The van der Waals surface area contributed by atoms with Crippen molar-refractivity contribution in [3.63, 3.8) is 0 Å². The molecule has 1 aliphatic rings. The quantitative estimate of drug-likeness (QED) is 0.705. The molecule has 0 aromatic heterocycles. The molecule has 1 N–H and O–H groups in total. The summed E-state index contributed by atoms with van der Waals surface area (Å²) in [6, 6.07) is 0. The SMILES string of the molecule is COC(C)(CO)C1CCCCC1. The molecule has 0 saturated heterocycles. The molecule has 0 radical (unpaired) electrons. The van der Waals surface area contributed by atoms with Crippen LogP contribution in [-0.2, 0) is 4.74 Å². The van der Waals surface area contributed by atoms with Gasteiger partial charge in [0.2, 0.25) is 0 Å². The topological polar surface area (TPSA) is 29.5 Å². The van der Waals surface area contributed by atoms with E-state index in [-0.39, 0.29) is 12.2 Å². The summed E-state index contributed by atoms with van der Waals surface area (Å²) in [6.07, 6.45) is 6.37. The number of hydrogen-bond donors (Lipinski definition) is 1. The predicted molar refractivity (Wildman–Crippen MR) is 49.1 cm³/mol. The Morgan fingerprint density at radius 3 is 2.33 bits per heavy atom. The molecular weight excluding hydrogens is 152 g/mol. The van der Waals surface area contributed by atoms with Gasteiger partial charge in [0.1, 0.15) is 0 Å². The van der Waals surface area contributed by atoms with E-state index in [9.17, 15) is 5.11 Å². The number of rotatable bonds is 3. The molecule has 0 aromatic rings. The second kappa shape index (κ2) is 4.24. The highest BCUT2D eigenvalue weighted by Crippen LogP contribution is 2.34. The lowest BCUT2D eigenvalue weighted by atomic mass is 9.78. The van der Waals surface area contributed by atoms with Crippen LogP contribution in [0.2, 0.25) is 0 Å². The van der Waals surface area contributed by atoms with E-state index in [1.54, 1.807) is 7.11 Å². The first-order valence-electron chi connectivity index (χ1n) is 4.89. The summed E-state index contributed by atoms with van der Waals surface area (Å²) in [5.41, 5.74) is -0.291. The van der Waals surface area contributed by atoms with Crippen molar-refractivity contribution in [2.75, 3.05) is 13.7 Å². The first-order valence-corrected chi connectivity index (χ1v) is 4.89. The van der Waals surface area contributed by atoms with Crippen molar-refractivity contribution in [3.05, 3.63) is 0 Å². The van der Waals surface area contributed by atoms with Gasteiger partial charge in [0.05, 0.1) is 12.2 Å². The van der Waals surface area contributed by atoms with Crippen molar-refractivity contribution in [2.45, 2.75) is 44.6 Å². The molecule has 12 heavy (non-hydrogen) atoms. The van der Waals surface area contributed by atoms with Crippen molar-refractivity contribution in [3.8, 4) is 0 Å². The van der Waals surface area contributed by atoms with Crippen molar-refractivity contribution in [2.24, 2.45) is 5.92 Å². The summed E-state index contributed by atoms with van der Waals surface area (Å²) in [5.74, 6) is 0.557. The summed E-state index contributed by atoms with van der Waals surface area (Å²) in [7, 11) is 1.70. The average Bonchev–Trinajstić information content (AvgIpc) is 2.18. The molecule has 72 valence electrons. The third-order valence-corrected chi connectivity index (χ3v) is 3.25. The zero-order valence-corrected chi connectivity index (χ0v) is 8.18. The first kappa shape index (κ1) is 10.0. The lowest BCUT2D eigenvalue weighted by Crippen LogP contribution is -2.41. The zero-order valence-electron chi connectivity index (χ0n) is 8.18. The van der Waals surface area contributed by atoms with E-state index in [0.717, 1.165) is 0 Å². The molecule has 1 fully saturated rings. The molecule has 1 atom stereocenters. The Kier molecular flexibility index (Phi) is 3.53. The minimum Gasteiger partial charge on any atom is -0.393 e. The maximum Gasteiger partial charge on any atom is 0.0908 e. The molecular formula is C10H20O2. The number of aliphatic hydroxyl groups excluding tert-OH is 1. The molecule has 1 unspecified atom stereocenters. The molecule has 0 spiro atoms. The van der Waals surface area contributed by atoms with Crippen molar-refractivity contribution >= 4 is 0 Å². The maximum absolute atomic E-state index is 9.21. The van der Waals surface area contributed by atoms with Crippen LogP contribution in [0, 0.1) is 5.92 Å². The van der Waals surface area contributed by atoms with Crippen LogP contribution in [0.15, 0.2) is 0 Å². The van der Waals surface area contributed by atoms with Gasteiger partial charge < -0.3 is 9.84 Å². The Morgan fingerprint density at radius 1 is 1.33 bits per heavy atom. The van der Waals surface area contributed by atoms with E-state index >= 15 is 0 Å². The van der Waals surface area contributed by atoms with Crippen molar-refractivity contribution in [1.82, 2.24) is 0 Å². The lowest BCUT2D eigenvalue weighted by molar-refractivity contribution is -0.0886. The highest BCUT2D eigenvalue weighted by Gasteiger charge is 2.34. The van der Waals surface area contributed by atoms with Crippen LogP contribution in [0.25, 0.3) is 0 Å². The summed E-state index contributed by atoms with van der Waals surface area (Å²) < 4.78 is 5.38. The third kappa shape index (κ3) is 1.99. The molecule has 0 aromatic carbocycles. The van der Waals surface area contributed by atoms with E-state index in [1.165, 1.54) is 32.1 Å². The van der Waals surface area contributed by atoms with E-state index in [1.807, 2.05) is 6.92 Å². The van der Waals surface area contributed by atoms with Gasteiger partial charge in [0.25, 0.3) is 0 Å². The third-order valence-electron chi connectivity index (χ3n) is 3.25. The van der Waals surface area contributed by atoms with Gasteiger partial charge in [-0.3, -0.25) is 0 Å². The summed E-state index contributed by atoms with van der Waals surface area (Å²) >= 11 is 0. The van der Waals surface area contributed by atoms with E-state index in [2.05, 4.69) is 0 Å². The number of ether oxygens (including phenoxy) is 1. The summed E-state index contributed by atoms with van der Waals surface area (Å²) in [6.45, 7) is 2.16. The highest BCUT2D eigenvalue weighted by atomic mass is 16.5. The van der Waals surface area contributed by atoms with Crippen LogP contribution in [0.3, 0.4) is 0 Å². The van der Waals surface area contributed by atoms with Crippen LogP contribution in [0.4, 0.5) is 0 Å². The van der Waals surface area contributed by atoms with E-state index in [4.69, 9.17) is 4.74 Å². The van der Waals surface area contributed by atoms with Gasteiger partial charge in [-0.1, -0.05) is 19.3 Å². The normalized spacial score (nSPS) is 25.2. The van der Waals surface area contributed by atoms with Crippen LogP contribution in [0.1, 0.15) is 39.0 Å². The number of aliphatic hydroxyl groups is 1. The van der Waals surface area contributed by atoms with Crippen molar-refractivity contribution < 1.29 is 9.84 Å². The Bertz CT molecular complexity index is 124. The van der Waals surface area contributed by atoms with E-state index in [0.29, 0.717) is 5.92 Å². The Morgan fingerprint density at radius 2 is 1.92 bits per heavy atom. The van der Waals surface area contributed by atoms with Gasteiger partial charge in [-0.2, -0.15) is 0 Å². The zero-order chi connectivity index (χ0) is 9.03. The Balaban J connectivity index is 2.51. The summed E-state index contributed by atoms with van der Waals surface area (Å²) in [5, 5.41) is 9.21. The smallest absolute Gasteiger partial charge is 0.0908 e. The van der Waals surface area contributed by atoms with Crippen LogP contribution in [-0.4, -0.2) is 24.4 Å². The van der Waals surface area contributed by atoms with Crippen LogP contribution in [0.5, 0.6) is 0 Å². The van der Waals surface area contributed by atoms with Gasteiger partial charge in [-0.25, -0.2) is 0 Å². The lowest BCUT2D eigenvalue weighted by Gasteiger charge is -2.37. The molecule has 2 heteroatoms. The fraction of sp³-hybridized carbons (Fsp3) is 1.00. The molecule has 0 amide bonds. The van der Waals surface area contributed by atoms with Gasteiger partial charge in [0, 0.05) is 7.11 Å². The molecule has 1 aliphatic carbocycles. The van der Waals surface area contributed by atoms with E-state index < -0.39 is 0 Å². The fourth-order valence-electron chi connectivity index (χ4n) is 2.07. The van der Waals surface area contributed by atoms with Crippen LogP contribution < -0.4 is 0 Å². The molecule has 0 heterocycles. The monoisotopic (exact) mass is 172 g/mol. The highest BCUT2D eigenvalue weighted by molar-refractivity contribution is 4.85. The Hall–Kier alpha value is -0.0800. The molecule has 2 nitrogen and oxygen atoms in total. The average molecular weight is 172 g/mol. The molecule has 1 rings (SSSR count). The number of hydrogen-bond acceptors (Lipinski definition) is 2. The predicted octanol–water partition coefficient (Wildman–Crippen LogP) is 1.96. The Labute approximate surface area is 74.9 Å². The molecule has 0 bridgehead atoms. The largest absolute Gasteiger partial charge is 0.393 e. The first-order chi connectivity index (χ1) is 5.73. The van der Waals surface area contributed by atoms with Crippen molar-refractivity contribution in [1.29, 1.82) is 0 Å². The van der Waals surface area contributed by atoms with Gasteiger partial charge in [0.15, 0.2) is 0 Å². The molecule has 1 saturated carbocycles. The second-order valence-electron chi connectivity index (χ2n) is 4.01.